The van der Waals surface area contributed by atoms with Gasteiger partial charge in [0.15, 0.2) is 17.3 Å². The number of ketones is 1. The molecule has 0 amide bonds. The highest BCUT2D eigenvalue weighted by molar-refractivity contribution is 5.96. The lowest BCUT2D eigenvalue weighted by molar-refractivity contribution is -0.0000133. The molecule has 0 aliphatic carbocycles. The molecule has 1 heterocycles. The Kier molecular flexibility index (Phi) is 4.33. The molecule has 18 heavy (non-hydrogen) atoms. The van der Waals surface area contributed by atoms with E-state index >= 15 is 0 Å². The Bertz CT molecular complexity index is 566. The molecular weight excluding hydrogens is 256 g/mol. The van der Waals surface area contributed by atoms with E-state index in [2.05, 4.69) is 4.98 Å². The van der Waals surface area contributed by atoms with Crippen LogP contribution in [0, 0.1) is 6.92 Å². The lowest BCUT2D eigenvalue weighted by Crippen LogP contribution is -3.00. The molecule has 2 N–H and O–H groups in total. The van der Waals surface area contributed by atoms with Gasteiger partial charge in [-0.1, -0.05) is 0 Å². The fourth-order valence-corrected chi connectivity index (χ4v) is 1.51. The van der Waals surface area contributed by atoms with Gasteiger partial charge in [-0.3, -0.25) is 4.79 Å². The molecule has 0 radical (unpaired) electrons. The standard InChI is InChI=1S/C12H12N2O3.ClH/c1-8-13-4-5-14(8)7-12(17)9-2-3-10(15)11(16)6-9;/h2-6,15-16H,7H2,1H3;1H/p-1. The van der Waals surface area contributed by atoms with Gasteiger partial charge in [0.2, 0.25) is 0 Å². The molecule has 0 spiro atoms. The molecule has 2 aromatic rings. The van der Waals surface area contributed by atoms with Crippen LogP contribution < -0.4 is 12.4 Å². The summed E-state index contributed by atoms with van der Waals surface area (Å²) in [6.45, 7) is 1.97. The first-order valence-electron chi connectivity index (χ1n) is 5.11. The Balaban J connectivity index is 0.00000162. The van der Waals surface area contributed by atoms with Crippen LogP contribution in [0.4, 0.5) is 0 Å². The molecule has 0 aliphatic heterocycles. The predicted molar refractivity (Wildman–Crippen MR) is 61.1 cm³/mol. The third kappa shape index (κ3) is 2.81. The van der Waals surface area contributed by atoms with E-state index < -0.39 is 0 Å². The molecule has 0 atom stereocenters. The minimum Gasteiger partial charge on any atom is -1.00 e. The topological polar surface area (TPSA) is 75.4 Å². The second-order valence-corrected chi connectivity index (χ2v) is 3.73. The Morgan fingerprint density at radius 3 is 2.61 bits per heavy atom. The van der Waals surface area contributed by atoms with Crippen LogP contribution in [0.5, 0.6) is 11.5 Å². The summed E-state index contributed by atoms with van der Waals surface area (Å²) < 4.78 is 1.71. The zero-order valence-corrected chi connectivity index (χ0v) is 10.4. The number of carbonyl (C=O) groups excluding carboxylic acids is 1. The van der Waals surface area contributed by atoms with Crippen LogP contribution in [0.1, 0.15) is 16.2 Å². The van der Waals surface area contributed by atoms with Crippen molar-refractivity contribution in [2.24, 2.45) is 0 Å². The van der Waals surface area contributed by atoms with E-state index in [1.54, 1.807) is 17.0 Å². The summed E-state index contributed by atoms with van der Waals surface area (Å²) in [4.78, 5) is 15.9. The number of benzene rings is 1. The highest BCUT2D eigenvalue weighted by Gasteiger charge is 2.10. The summed E-state index contributed by atoms with van der Waals surface area (Å²) in [6, 6.07) is 4.02. The summed E-state index contributed by atoms with van der Waals surface area (Å²) in [7, 11) is 0. The van der Waals surface area contributed by atoms with Crippen molar-refractivity contribution >= 4 is 5.78 Å². The van der Waals surface area contributed by atoms with Crippen molar-refractivity contribution in [1.82, 2.24) is 9.55 Å². The number of Topliss-reactive ketones (excluding diaryl/α,β-unsaturated/α-hetero) is 1. The number of aromatic hydroxyl groups is 2. The molecule has 0 saturated carbocycles. The van der Waals surface area contributed by atoms with Crippen LogP contribution in [-0.2, 0) is 6.54 Å². The van der Waals surface area contributed by atoms with Gasteiger partial charge in [0, 0.05) is 18.0 Å². The number of aromatic nitrogens is 2. The van der Waals surface area contributed by atoms with Gasteiger partial charge >= 0.3 is 0 Å². The molecule has 2 rings (SSSR count). The Hall–Kier alpha value is -2.01. The van der Waals surface area contributed by atoms with E-state index in [4.69, 9.17) is 5.11 Å². The molecule has 6 heteroatoms. The fourth-order valence-electron chi connectivity index (χ4n) is 1.51. The van der Waals surface area contributed by atoms with E-state index in [0.29, 0.717) is 5.56 Å². The number of rotatable bonds is 3. The zero-order valence-electron chi connectivity index (χ0n) is 9.67. The molecule has 1 aromatic carbocycles. The van der Waals surface area contributed by atoms with Gasteiger partial charge in [-0.25, -0.2) is 4.98 Å². The average Bonchev–Trinajstić information content (AvgIpc) is 2.68. The lowest BCUT2D eigenvalue weighted by atomic mass is 10.1. The maximum Gasteiger partial charge on any atom is 0.182 e. The van der Waals surface area contributed by atoms with Crippen molar-refractivity contribution in [3.63, 3.8) is 0 Å². The number of imidazole rings is 1. The Morgan fingerprint density at radius 1 is 1.33 bits per heavy atom. The Labute approximate surface area is 110 Å². The maximum absolute atomic E-state index is 11.9. The van der Waals surface area contributed by atoms with Crippen molar-refractivity contribution in [3.8, 4) is 11.5 Å². The van der Waals surface area contributed by atoms with E-state index in [0.717, 1.165) is 5.82 Å². The second-order valence-electron chi connectivity index (χ2n) is 3.73. The van der Waals surface area contributed by atoms with Crippen LogP contribution >= 0.6 is 0 Å². The number of aryl methyl sites for hydroxylation is 1. The minimum atomic E-state index is -0.293. The molecule has 1 aromatic heterocycles. The first-order chi connectivity index (χ1) is 8.08. The van der Waals surface area contributed by atoms with E-state index in [1.165, 1.54) is 18.2 Å². The van der Waals surface area contributed by atoms with E-state index in [1.807, 2.05) is 6.92 Å². The number of nitrogens with zero attached hydrogens (tertiary/aromatic N) is 2. The smallest absolute Gasteiger partial charge is 0.182 e. The average molecular weight is 268 g/mol. The summed E-state index contributed by atoms with van der Waals surface area (Å²) in [5, 5.41) is 18.5. The summed E-state index contributed by atoms with van der Waals surface area (Å²) in [6.07, 6.45) is 3.34. The summed E-state index contributed by atoms with van der Waals surface area (Å²) in [5.74, 6) is 0.0707. The largest absolute Gasteiger partial charge is 1.00 e. The number of hydrogen-bond donors (Lipinski definition) is 2. The highest BCUT2D eigenvalue weighted by Crippen LogP contribution is 2.25. The minimum absolute atomic E-state index is 0. The third-order valence-electron chi connectivity index (χ3n) is 2.53. The van der Waals surface area contributed by atoms with Gasteiger partial charge in [0.25, 0.3) is 0 Å². The van der Waals surface area contributed by atoms with Crippen LogP contribution in [0.25, 0.3) is 0 Å². The van der Waals surface area contributed by atoms with Gasteiger partial charge in [0.1, 0.15) is 5.82 Å². The van der Waals surface area contributed by atoms with Gasteiger partial charge in [-0.05, 0) is 25.1 Å². The predicted octanol–water partition coefficient (Wildman–Crippen LogP) is -1.51. The summed E-state index contributed by atoms with van der Waals surface area (Å²) >= 11 is 0. The first kappa shape index (κ1) is 14.1. The van der Waals surface area contributed by atoms with Crippen LogP contribution in [0.15, 0.2) is 30.6 Å². The van der Waals surface area contributed by atoms with Gasteiger partial charge in [-0.2, -0.15) is 0 Å². The maximum atomic E-state index is 11.9. The van der Waals surface area contributed by atoms with Crippen molar-refractivity contribution in [3.05, 3.63) is 42.0 Å². The fraction of sp³-hybridized carbons (Fsp3) is 0.167. The van der Waals surface area contributed by atoms with E-state index in [9.17, 15) is 9.90 Å². The van der Waals surface area contributed by atoms with Crippen LogP contribution in [-0.4, -0.2) is 25.5 Å². The van der Waals surface area contributed by atoms with Crippen molar-refractivity contribution < 1.29 is 27.4 Å². The van der Waals surface area contributed by atoms with Crippen molar-refractivity contribution in [2.75, 3.05) is 0 Å². The highest BCUT2D eigenvalue weighted by atomic mass is 35.5. The quantitative estimate of drug-likeness (QED) is 0.524. The van der Waals surface area contributed by atoms with Crippen LogP contribution in [0.3, 0.4) is 0 Å². The number of carbonyl (C=O) groups is 1. The lowest BCUT2D eigenvalue weighted by Gasteiger charge is -2.05. The second kappa shape index (κ2) is 5.55. The number of hydrogen-bond acceptors (Lipinski definition) is 4. The third-order valence-corrected chi connectivity index (χ3v) is 2.53. The molecule has 96 valence electrons. The molecule has 0 saturated heterocycles. The van der Waals surface area contributed by atoms with Crippen LogP contribution in [0.2, 0.25) is 0 Å². The zero-order chi connectivity index (χ0) is 12.4. The SMILES string of the molecule is Cc1nccn1CC(=O)c1ccc(O)c(O)c1.[Cl-]. The summed E-state index contributed by atoms with van der Waals surface area (Å²) in [5.41, 5.74) is 0.355. The first-order valence-corrected chi connectivity index (χ1v) is 5.11. The van der Waals surface area contributed by atoms with Crippen molar-refractivity contribution in [2.45, 2.75) is 13.5 Å². The number of halogens is 1. The number of phenols is 2. The monoisotopic (exact) mass is 267 g/mol. The normalized spacial score (nSPS) is 9.83. The van der Waals surface area contributed by atoms with Gasteiger partial charge in [0.05, 0.1) is 6.54 Å². The molecular formula is C12H12ClN2O3-. The molecule has 5 nitrogen and oxygen atoms in total. The molecule has 0 bridgehead atoms. The van der Waals surface area contributed by atoms with Gasteiger partial charge < -0.3 is 27.2 Å². The molecule has 0 fully saturated rings. The molecule has 0 aliphatic rings. The van der Waals surface area contributed by atoms with Gasteiger partial charge in [-0.15, -0.1) is 0 Å². The Morgan fingerprint density at radius 2 is 2.06 bits per heavy atom. The number of phenolic OH excluding ortho intramolecular Hbond substituents is 2. The van der Waals surface area contributed by atoms with Crippen molar-refractivity contribution in [1.29, 1.82) is 0 Å². The van der Waals surface area contributed by atoms with E-state index in [-0.39, 0.29) is 36.2 Å². The molecule has 0 unspecified atom stereocenters.